The third-order valence-corrected chi connectivity index (χ3v) is 6.62. The second kappa shape index (κ2) is 7.53. The van der Waals surface area contributed by atoms with Crippen LogP contribution in [0, 0.1) is 0 Å². The molecule has 0 unspecified atom stereocenters. The number of fused-ring (bicyclic) bond motifs is 1. The molecule has 0 saturated carbocycles. The van der Waals surface area contributed by atoms with E-state index in [4.69, 9.17) is 9.47 Å². The van der Waals surface area contributed by atoms with Crippen LogP contribution in [0.4, 0.5) is 5.13 Å². The van der Waals surface area contributed by atoms with Gasteiger partial charge in [-0.15, -0.1) is 0 Å². The van der Waals surface area contributed by atoms with Crippen LogP contribution in [0.25, 0.3) is 10.2 Å². The van der Waals surface area contributed by atoms with Crippen LogP contribution < -0.4 is 14.8 Å². The zero-order valence-electron chi connectivity index (χ0n) is 15.0. The number of carbonyl (C=O) groups is 1. The lowest BCUT2D eigenvalue weighted by Crippen LogP contribution is -2.13. The van der Waals surface area contributed by atoms with E-state index in [1.807, 2.05) is 0 Å². The third-order valence-electron chi connectivity index (χ3n) is 3.95. The van der Waals surface area contributed by atoms with E-state index in [1.54, 1.807) is 38.3 Å². The van der Waals surface area contributed by atoms with Crippen LogP contribution in [0.5, 0.6) is 11.5 Å². The topological polar surface area (TPSA) is 94.6 Å². The van der Waals surface area contributed by atoms with Gasteiger partial charge in [0.1, 0.15) is 0 Å². The van der Waals surface area contributed by atoms with Crippen molar-refractivity contribution >= 4 is 42.4 Å². The van der Waals surface area contributed by atoms with Gasteiger partial charge in [0.15, 0.2) is 26.5 Å². The van der Waals surface area contributed by atoms with Gasteiger partial charge in [0.05, 0.1) is 35.1 Å². The highest BCUT2D eigenvalue weighted by atomic mass is 32.2. The smallest absolute Gasteiger partial charge is 0.257 e. The first-order valence-electron chi connectivity index (χ1n) is 8.04. The van der Waals surface area contributed by atoms with Crippen LogP contribution in [-0.4, -0.2) is 39.3 Å². The van der Waals surface area contributed by atoms with Crippen molar-refractivity contribution in [2.45, 2.75) is 11.8 Å². The van der Waals surface area contributed by atoms with Gasteiger partial charge in [-0.1, -0.05) is 24.3 Å². The first-order chi connectivity index (χ1) is 12.9. The maximum Gasteiger partial charge on any atom is 0.257 e. The molecule has 27 heavy (non-hydrogen) atoms. The highest BCUT2D eigenvalue weighted by Crippen LogP contribution is 2.36. The second-order valence-electron chi connectivity index (χ2n) is 5.58. The SMILES string of the molecule is CCS(=O)(=O)c1cccc(C(=O)Nc2nc3cc(OC)c(OC)cc3s2)c1. The molecule has 0 aliphatic carbocycles. The number of sulfone groups is 1. The molecule has 0 spiro atoms. The van der Waals surface area contributed by atoms with E-state index in [1.165, 1.54) is 30.6 Å². The van der Waals surface area contributed by atoms with E-state index in [9.17, 15) is 13.2 Å². The summed E-state index contributed by atoms with van der Waals surface area (Å²) in [6, 6.07) is 9.47. The summed E-state index contributed by atoms with van der Waals surface area (Å²) in [6.45, 7) is 1.56. The fourth-order valence-electron chi connectivity index (χ4n) is 2.48. The van der Waals surface area contributed by atoms with E-state index < -0.39 is 15.7 Å². The number of carbonyl (C=O) groups excluding carboxylic acids is 1. The van der Waals surface area contributed by atoms with Gasteiger partial charge in [0.2, 0.25) is 0 Å². The minimum absolute atomic E-state index is 0.0282. The number of amides is 1. The molecule has 0 bridgehead atoms. The van der Waals surface area contributed by atoms with Crippen molar-refractivity contribution < 1.29 is 22.7 Å². The van der Waals surface area contributed by atoms with Gasteiger partial charge in [-0.05, 0) is 18.2 Å². The number of hydrogen-bond acceptors (Lipinski definition) is 7. The summed E-state index contributed by atoms with van der Waals surface area (Å²) < 4.78 is 35.4. The maximum atomic E-state index is 12.5. The van der Waals surface area contributed by atoms with Gasteiger partial charge in [-0.2, -0.15) is 0 Å². The van der Waals surface area contributed by atoms with Crippen molar-refractivity contribution in [2.75, 3.05) is 25.3 Å². The Balaban J connectivity index is 1.89. The number of aromatic nitrogens is 1. The normalized spacial score (nSPS) is 11.4. The number of benzene rings is 2. The average Bonchev–Trinajstić information content (AvgIpc) is 3.07. The summed E-state index contributed by atoms with van der Waals surface area (Å²) in [5.41, 5.74) is 0.911. The van der Waals surface area contributed by atoms with Gasteiger partial charge in [-0.25, -0.2) is 13.4 Å². The van der Waals surface area contributed by atoms with E-state index in [0.29, 0.717) is 22.1 Å². The van der Waals surface area contributed by atoms with Gasteiger partial charge in [0.25, 0.3) is 5.91 Å². The summed E-state index contributed by atoms with van der Waals surface area (Å²) in [6.07, 6.45) is 0. The van der Waals surface area contributed by atoms with Crippen LogP contribution in [-0.2, 0) is 9.84 Å². The number of methoxy groups -OCH3 is 2. The summed E-state index contributed by atoms with van der Waals surface area (Å²) in [7, 11) is -0.300. The molecule has 0 atom stereocenters. The molecule has 1 heterocycles. The van der Waals surface area contributed by atoms with Crippen LogP contribution in [0.2, 0.25) is 0 Å². The predicted molar refractivity (Wildman–Crippen MR) is 105 cm³/mol. The summed E-state index contributed by atoms with van der Waals surface area (Å²) in [5, 5.41) is 3.11. The number of anilines is 1. The summed E-state index contributed by atoms with van der Waals surface area (Å²) in [4.78, 5) is 17.0. The Morgan fingerprint density at radius 3 is 2.52 bits per heavy atom. The van der Waals surface area contributed by atoms with Gasteiger partial charge >= 0.3 is 0 Å². The van der Waals surface area contributed by atoms with Crippen LogP contribution in [0.15, 0.2) is 41.3 Å². The molecule has 0 aliphatic heterocycles. The second-order valence-corrected chi connectivity index (χ2v) is 8.89. The number of nitrogens with one attached hydrogen (secondary N) is 1. The minimum Gasteiger partial charge on any atom is -0.493 e. The number of hydrogen-bond donors (Lipinski definition) is 1. The Labute approximate surface area is 160 Å². The molecule has 9 heteroatoms. The van der Waals surface area contributed by atoms with Crippen molar-refractivity contribution in [3.63, 3.8) is 0 Å². The van der Waals surface area contributed by atoms with Crippen molar-refractivity contribution in [3.05, 3.63) is 42.0 Å². The van der Waals surface area contributed by atoms with Crippen molar-refractivity contribution in [2.24, 2.45) is 0 Å². The Bertz CT molecular complexity index is 1070. The fourth-order valence-corrected chi connectivity index (χ4v) is 4.27. The first-order valence-corrected chi connectivity index (χ1v) is 10.5. The molecule has 0 radical (unpaired) electrons. The molecule has 0 fully saturated rings. The minimum atomic E-state index is -3.38. The molecule has 0 aliphatic rings. The van der Waals surface area contributed by atoms with Gasteiger partial charge < -0.3 is 9.47 Å². The molecular formula is C18H18N2O5S2. The molecule has 2 aromatic carbocycles. The molecule has 0 saturated heterocycles. The number of nitrogens with zero attached hydrogens (tertiary/aromatic N) is 1. The third kappa shape index (κ3) is 3.88. The summed E-state index contributed by atoms with van der Waals surface area (Å²) in [5.74, 6) is 0.662. The summed E-state index contributed by atoms with van der Waals surface area (Å²) >= 11 is 1.29. The van der Waals surface area contributed by atoms with Gasteiger partial charge in [0, 0.05) is 17.7 Å². The van der Waals surface area contributed by atoms with Gasteiger partial charge in [-0.3, -0.25) is 10.1 Å². The van der Waals surface area contributed by atoms with Crippen LogP contribution in [0.3, 0.4) is 0 Å². The van der Waals surface area contributed by atoms with E-state index in [-0.39, 0.29) is 16.2 Å². The first kappa shape index (κ1) is 19.1. The quantitative estimate of drug-likeness (QED) is 0.675. The zero-order valence-corrected chi connectivity index (χ0v) is 16.6. The molecule has 1 N–H and O–H groups in total. The number of ether oxygens (including phenoxy) is 2. The average molecular weight is 406 g/mol. The molecule has 1 aromatic heterocycles. The van der Waals surface area contributed by atoms with Crippen molar-refractivity contribution in [3.8, 4) is 11.5 Å². The van der Waals surface area contributed by atoms with Crippen LogP contribution >= 0.6 is 11.3 Å². The predicted octanol–water partition coefficient (Wildman–Crippen LogP) is 3.36. The van der Waals surface area contributed by atoms with Crippen molar-refractivity contribution in [1.82, 2.24) is 4.98 Å². The lowest BCUT2D eigenvalue weighted by atomic mass is 10.2. The molecule has 1 amide bonds. The highest BCUT2D eigenvalue weighted by molar-refractivity contribution is 7.91. The Hall–Kier alpha value is -2.65. The lowest BCUT2D eigenvalue weighted by Gasteiger charge is -2.05. The zero-order chi connectivity index (χ0) is 19.6. The highest BCUT2D eigenvalue weighted by Gasteiger charge is 2.16. The maximum absolute atomic E-state index is 12.5. The largest absolute Gasteiger partial charge is 0.493 e. The molecule has 7 nitrogen and oxygen atoms in total. The molecule has 3 aromatic rings. The standard InChI is InChI=1S/C18H18N2O5S2/c1-4-27(22,23)12-7-5-6-11(8-12)17(21)20-18-19-13-9-14(24-2)15(25-3)10-16(13)26-18/h5-10H,4H2,1-3H3,(H,19,20,21). The number of thiazole rings is 1. The monoisotopic (exact) mass is 406 g/mol. The fraction of sp³-hybridized carbons (Fsp3) is 0.222. The molecule has 142 valence electrons. The molecular weight excluding hydrogens is 388 g/mol. The Morgan fingerprint density at radius 2 is 1.85 bits per heavy atom. The lowest BCUT2D eigenvalue weighted by molar-refractivity contribution is 0.102. The number of rotatable bonds is 6. The Kier molecular flexibility index (Phi) is 5.33. The van der Waals surface area contributed by atoms with Crippen LogP contribution in [0.1, 0.15) is 17.3 Å². The molecule has 3 rings (SSSR count). The Morgan fingerprint density at radius 1 is 1.15 bits per heavy atom. The van der Waals surface area contributed by atoms with Crippen molar-refractivity contribution in [1.29, 1.82) is 0 Å². The van der Waals surface area contributed by atoms with E-state index in [0.717, 1.165) is 4.70 Å². The van der Waals surface area contributed by atoms with E-state index >= 15 is 0 Å². The van der Waals surface area contributed by atoms with E-state index in [2.05, 4.69) is 10.3 Å².